The summed E-state index contributed by atoms with van der Waals surface area (Å²) >= 11 is 3.46. The predicted molar refractivity (Wildman–Crippen MR) is 103 cm³/mol. The fraction of sp³-hybridized carbons (Fsp3) is 0.200. The molecule has 0 fully saturated rings. The summed E-state index contributed by atoms with van der Waals surface area (Å²) in [4.78, 5) is 16.3. The van der Waals surface area contributed by atoms with E-state index in [4.69, 9.17) is 14.2 Å². The van der Waals surface area contributed by atoms with Crippen LogP contribution in [0.4, 0.5) is 4.39 Å². The molecule has 1 aliphatic rings. The number of carbonyl (C=O) groups is 1. The van der Waals surface area contributed by atoms with E-state index < -0.39 is 11.8 Å². The lowest BCUT2D eigenvalue weighted by Gasteiger charge is -2.13. The number of ether oxygens (including phenoxy) is 3. The molecule has 0 unspecified atom stereocenters. The van der Waals surface area contributed by atoms with Crippen molar-refractivity contribution in [3.05, 3.63) is 63.5 Å². The van der Waals surface area contributed by atoms with Gasteiger partial charge in [0, 0.05) is 5.56 Å². The van der Waals surface area contributed by atoms with E-state index in [1.54, 1.807) is 24.3 Å². The normalized spacial score (nSPS) is 14.9. The average molecular weight is 434 g/mol. The Morgan fingerprint density at radius 2 is 1.96 bits per heavy atom. The monoisotopic (exact) mass is 433 g/mol. The number of carbonyl (C=O) groups excluding carboxylic acids is 1. The van der Waals surface area contributed by atoms with Gasteiger partial charge in [0.2, 0.25) is 5.90 Å². The van der Waals surface area contributed by atoms with E-state index in [0.717, 1.165) is 0 Å². The molecule has 27 heavy (non-hydrogen) atoms. The Morgan fingerprint density at radius 1 is 1.19 bits per heavy atom. The minimum absolute atomic E-state index is 0.0702. The Kier molecular flexibility index (Phi) is 5.91. The van der Waals surface area contributed by atoms with Gasteiger partial charge in [-0.15, -0.1) is 0 Å². The second-order valence-electron chi connectivity index (χ2n) is 5.54. The smallest absolute Gasteiger partial charge is 0.363 e. The maximum absolute atomic E-state index is 13.4. The Bertz CT molecular complexity index is 940. The van der Waals surface area contributed by atoms with Gasteiger partial charge in [-0.25, -0.2) is 14.2 Å². The summed E-state index contributed by atoms with van der Waals surface area (Å²) in [5.41, 5.74) is 1.20. The van der Waals surface area contributed by atoms with Crippen molar-refractivity contribution in [1.29, 1.82) is 0 Å². The van der Waals surface area contributed by atoms with Gasteiger partial charge in [-0.1, -0.05) is 6.07 Å². The topological polar surface area (TPSA) is 57.1 Å². The first kappa shape index (κ1) is 19.1. The van der Waals surface area contributed by atoms with Crippen molar-refractivity contribution in [2.75, 3.05) is 13.2 Å². The molecule has 0 saturated carbocycles. The number of benzene rings is 2. The van der Waals surface area contributed by atoms with Crippen LogP contribution in [0.1, 0.15) is 25.0 Å². The molecule has 1 aliphatic heterocycles. The van der Waals surface area contributed by atoms with Crippen LogP contribution in [0.3, 0.4) is 0 Å². The maximum Gasteiger partial charge on any atom is 0.363 e. The van der Waals surface area contributed by atoms with Crippen molar-refractivity contribution in [1.82, 2.24) is 0 Å². The summed E-state index contributed by atoms with van der Waals surface area (Å²) in [6, 6.07) is 9.28. The minimum Gasteiger partial charge on any atom is -0.490 e. The first-order valence-electron chi connectivity index (χ1n) is 8.39. The van der Waals surface area contributed by atoms with Gasteiger partial charge in [0.25, 0.3) is 0 Å². The predicted octanol–water partition coefficient (Wildman–Crippen LogP) is 4.73. The molecule has 140 valence electrons. The lowest BCUT2D eigenvalue weighted by atomic mass is 10.1. The molecule has 7 heteroatoms. The fourth-order valence-electron chi connectivity index (χ4n) is 2.53. The van der Waals surface area contributed by atoms with Crippen LogP contribution in [-0.4, -0.2) is 25.1 Å². The Labute approximate surface area is 164 Å². The van der Waals surface area contributed by atoms with Crippen molar-refractivity contribution >= 4 is 33.9 Å². The van der Waals surface area contributed by atoms with Crippen LogP contribution in [0.25, 0.3) is 6.08 Å². The van der Waals surface area contributed by atoms with Crippen molar-refractivity contribution in [2.24, 2.45) is 4.99 Å². The van der Waals surface area contributed by atoms with Crippen LogP contribution in [0.15, 0.2) is 51.6 Å². The standard InChI is InChI=1S/C20H17BrFNO4/c1-3-25-17-10-12(8-15(21)18(17)26-4-2)9-16-20(24)27-19(23-16)13-6-5-7-14(22)11-13/h5-11H,3-4H2,1-2H3/b16-9-. The number of nitrogens with zero attached hydrogens (tertiary/aromatic N) is 1. The molecule has 0 atom stereocenters. The fourth-order valence-corrected chi connectivity index (χ4v) is 3.10. The van der Waals surface area contributed by atoms with E-state index in [-0.39, 0.29) is 11.6 Å². The number of halogens is 2. The zero-order valence-electron chi connectivity index (χ0n) is 14.8. The molecule has 0 radical (unpaired) electrons. The second kappa shape index (κ2) is 8.35. The highest BCUT2D eigenvalue weighted by molar-refractivity contribution is 9.10. The number of aliphatic imine (C=N–C) groups is 1. The molecule has 5 nitrogen and oxygen atoms in total. The summed E-state index contributed by atoms with van der Waals surface area (Å²) in [6.45, 7) is 4.72. The molecular weight excluding hydrogens is 417 g/mol. The first-order chi connectivity index (χ1) is 13.0. The van der Waals surface area contributed by atoms with Crippen LogP contribution < -0.4 is 9.47 Å². The molecular formula is C20H17BrFNO4. The van der Waals surface area contributed by atoms with E-state index in [0.29, 0.717) is 40.3 Å². The molecule has 0 aliphatic carbocycles. The highest BCUT2D eigenvalue weighted by Gasteiger charge is 2.24. The van der Waals surface area contributed by atoms with Gasteiger partial charge in [-0.2, -0.15) is 0 Å². The number of hydrogen-bond donors (Lipinski definition) is 0. The second-order valence-corrected chi connectivity index (χ2v) is 6.40. The maximum atomic E-state index is 13.4. The van der Waals surface area contributed by atoms with Crippen LogP contribution in [-0.2, 0) is 9.53 Å². The largest absolute Gasteiger partial charge is 0.490 e. The van der Waals surface area contributed by atoms with Gasteiger partial charge >= 0.3 is 5.97 Å². The molecule has 0 saturated heterocycles. The zero-order valence-corrected chi connectivity index (χ0v) is 16.4. The molecule has 3 rings (SSSR count). The highest BCUT2D eigenvalue weighted by Crippen LogP contribution is 2.37. The quantitative estimate of drug-likeness (QED) is 0.487. The van der Waals surface area contributed by atoms with Crippen LogP contribution in [0, 0.1) is 5.82 Å². The van der Waals surface area contributed by atoms with E-state index in [2.05, 4.69) is 20.9 Å². The first-order valence-corrected chi connectivity index (χ1v) is 9.18. The lowest BCUT2D eigenvalue weighted by molar-refractivity contribution is -0.129. The molecule has 0 amide bonds. The van der Waals surface area contributed by atoms with Crippen molar-refractivity contribution in [3.63, 3.8) is 0 Å². The molecule has 0 bridgehead atoms. The Morgan fingerprint density at radius 3 is 2.67 bits per heavy atom. The van der Waals surface area contributed by atoms with Crippen LogP contribution in [0.2, 0.25) is 0 Å². The summed E-state index contributed by atoms with van der Waals surface area (Å²) in [6.07, 6.45) is 1.58. The average Bonchev–Trinajstić information content (AvgIpc) is 2.99. The summed E-state index contributed by atoms with van der Waals surface area (Å²) < 4.78 is 30.5. The van der Waals surface area contributed by atoms with Crippen molar-refractivity contribution < 1.29 is 23.4 Å². The van der Waals surface area contributed by atoms with Crippen LogP contribution >= 0.6 is 15.9 Å². The van der Waals surface area contributed by atoms with E-state index in [1.807, 2.05) is 13.8 Å². The zero-order chi connectivity index (χ0) is 19.4. The van der Waals surface area contributed by atoms with Gasteiger partial charge in [0.1, 0.15) is 5.82 Å². The van der Waals surface area contributed by atoms with E-state index in [1.165, 1.54) is 18.2 Å². The SMILES string of the molecule is CCOc1cc(/C=C2\N=C(c3cccc(F)c3)OC2=O)cc(Br)c1OCC. The number of hydrogen-bond acceptors (Lipinski definition) is 5. The Hall–Kier alpha value is -2.67. The third kappa shape index (κ3) is 4.36. The number of esters is 1. The van der Waals surface area contributed by atoms with Crippen molar-refractivity contribution in [2.45, 2.75) is 13.8 Å². The third-order valence-corrected chi connectivity index (χ3v) is 4.20. The van der Waals surface area contributed by atoms with Gasteiger partial charge in [-0.05, 0) is 71.7 Å². The van der Waals surface area contributed by atoms with Gasteiger partial charge in [0.15, 0.2) is 17.2 Å². The molecule has 2 aromatic carbocycles. The highest BCUT2D eigenvalue weighted by atomic mass is 79.9. The molecule has 0 N–H and O–H groups in total. The molecule has 1 heterocycles. The summed E-state index contributed by atoms with van der Waals surface area (Å²) in [5, 5.41) is 0. The molecule has 0 aromatic heterocycles. The van der Waals surface area contributed by atoms with E-state index in [9.17, 15) is 9.18 Å². The van der Waals surface area contributed by atoms with Gasteiger partial charge in [0.05, 0.1) is 17.7 Å². The van der Waals surface area contributed by atoms with Crippen molar-refractivity contribution in [3.8, 4) is 11.5 Å². The summed E-state index contributed by atoms with van der Waals surface area (Å²) in [7, 11) is 0. The Balaban J connectivity index is 1.97. The lowest BCUT2D eigenvalue weighted by Crippen LogP contribution is -2.05. The third-order valence-electron chi connectivity index (χ3n) is 3.62. The number of cyclic esters (lactones) is 1. The molecule has 0 spiro atoms. The van der Waals surface area contributed by atoms with Gasteiger partial charge in [-0.3, -0.25) is 0 Å². The van der Waals surface area contributed by atoms with E-state index >= 15 is 0 Å². The minimum atomic E-state index is -0.600. The number of rotatable bonds is 6. The van der Waals surface area contributed by atoms with Crippen LogP contribution in [0.5, 0.6) is 11.5 Å². The van der Waals surface area contributed by atoms with Gasteiger partial charge < -0.3 is 14.2 Å². The molecule has 2 aromatic rings. The summed E-state index contributed by atoms with van der Waals surface area (Å²) in [5.74, 6) is 0.194.